The Morgan fingerprint density at radius 3 is 2.22 bits per heavy atom. The first kappa shape index (κ1) is 23.7. The molecule has 2 heterocycles. The van der Waals surface area contributed by atoms with E-state index in [1.54, 1.807) is 11.8 Å². The van der Waals surface area contributed by atoms with Crippen LogP contribution in [-0.2, 0) is 18.8 Å². The Hall–Kier alpha value is -1.41. The number of halogens is 2. The van der Waals surface area contributed by atoms with Gasteiger partial charge in [-0.3, -0.25) is 9.69 Å². The van der Waals surface area contributed by atoms with E-state index in [4.69, 9.17) is 0 Å². The normalized spacial score (nSPS) is 15.2. The molecule has 0 unspecified atom stereocenters. The van der Waals surface area contributed by atoms with Crippen molar-refractivity contribution in [2.24, 2.45) is 5.92 Å². The van der Waals surface area contributed by atoms with Gasteiger partial charge in [-0.15, -0.1) is 0 Å². The highest BCUT2D eigenvalue weighted by Crippen LogP contribution is 2.27. The van der Waals surface area contributed by atoms with E-state index in [0.717, 1.165) is 44.4 Å². The monoisotopic (exact) mass is 575 g/mol. The second-order valence-corrected chi connectivity index (χ2v) is 11.1. The number of hydrogen-bond donors (Lipinski definition) is 0. The summed E-state index contributed by atoms with van der Waals surface area (Å²) in [5, 5.41) is 0.748. The molecule has 0 saturated carbocycles. The summed E-state index contributed by atoms with van der Waals surface area (Å²) in [4.78, 5) is 19.9. The molecule has 1 aliphatic heterocycles. The Balaban J connectivity index is 1.61. The average Bonchev–Trinajstić information content (AvgIpc) is 2.79. The van der Waals surface area contributed by atoms with E-state index >= 15 is 0 Å². The van der Waals surface area contributed by atoms with Gasteiger partial charge in [0.1, 0.15) is 0 Å². The lowest BCUT2D eigenvalue weighted by atomic mass is 9.99. The Morgan fingerprint density at radius 1 is 0.938 bits per heavy atom. The SMILES string of the molecule is CC1CCN(Cc2cn(Cc3ccccc3Br)c(SCc3ccccc3Br)nc2=O)CC1. The lowest BCUT2D eigenvalue weighted by Gasteiger charge is -2.30. The van der Waals surface area contributed by atoms with Crippen LogP contribution in [0.1, 0.15) is 36.5 Å². The van der Waals surface area contributed by atoms with Crippen LogP contribution in [0.4, 0.5) is 0 Å². The Kier molecular flexibility index (Phi) is 8.27. The van der Waals surface area contributed by atoms with Crippen molar-refractivity contribution in [2.45, 2.75) is 43.8 Å². The van der Waals surface area contributed by atoms with E-state index in [-0.39, 0.29) is 5.56 Å². The zero-order valence-corrected chi connectivity index (χ0v) is 22.1. The van der Waals surface area contributed by atoms with Crippen molar-refractivity contribution >= 4 is 43.6 Å². The van der Waals surface area contributed by atoms with E-state index < -0.39 is 0 Å². The molecule has 0 amide bonds. The third-order valence-corrected chi connectivity index (χ3v) is 8.50. The van der Waals surface area contributed by atoms with Gasteiger partial charge in [0.15, 0.2) is 5.16 Å². The van der Waals surface area contributed by atoms with Gasteiger partial charge in [-0.1, -0.05) is 86.9 Å². The molecule has 1 saturated heterocycles. The summed E-state index contributed by atoms with van der Waals surface area (Å²) < 4.78 is 4.26. The van der Waals surface area contributed by atoms with Crippen LogP contribution < -0.4 is 5.56 Å². The van der Waals surface area contributed by atoms with E-state index in [0.29, 0.717) is 13.1 Å². The lowest BCUT2D eigenvalue weighted by molar-refractivity contribution is 0.184. The minimum atomic E-state index is -0.110. The summed E-state index contributed by atoms with van der Waals surface area (Å²) in [5.74, 6) is 1.51. The summed E-state index contributed by atoms with van der Waals surface area (Å²) in [6, 6.07) is 16.4. The van der Waals surface area contributed by atoms with Gasteiger partial charge in [-0.05, 0) is 55.1 Å². The van der Waals surface area contributed by atoms with Gasteiger partial charge in [-0.25, -0.2) is 0 Å². The second-order valence-electron chi connectivity index (χ2n) is 8.41. The highest BCUT2D eigenvalue weighted by atomic mass is 79.9. The van der Waals surface area contributed by atoms with Crippen molar-refractivity contribution in [3.8, 4) is 0 Å². The van der Waals surface area contributed by atoms with E-state index in [1.165, 1.54) is 24.0 Å². The predicted molar refractivity (Wildman–Crippen MR) is 139 cm³/mol. The number of likely N-dealkylation sites (tertiary alicyclic amines) is 1. The number of aromatic nitrogens is 2. The standard InChI is InChI=1S/C25H27Br2N3OS/c1-18-10-12-29(13-11-18)14-21-16-30(15-19-6-2-4-8-22(19)26)25(28-24(21)31)32-17-20-7-3-5-9-23(20)27/h2-9,16,18H,10-15,17H2,1H3. The number of rotatable bonds is 7. The maximum absolute atomic E-state index is 12.9. The van der Waals surface area contributed by atoms with Crippen molar-refractivity contribution in [3.63, 3.8) is 0 Å². The fraction of sp³-hybridized carbons (Fsp3) is 0.360. The maximum atomic E-state index is 12.9. The molecule has 3 aromatic rings. The first-order valence-electron chi connectivity index (χ1n) is 10.9. The van der Waals surface area contributed by atoms with Crippen LogP contribution in [0.2, 0.25) is 0 Å². The summed E-state index contributed by atoms with van der Waals surface area (Å²) >= 11 is 8.89. The number of thioether (sulfide) groups is 1. The zero-order valence-electron chi connectivity index (χ0n) is 18.1. The third-order valence-electron chi connectivity index (χ3n) is 5.91. The number of nitrogens with zero attached hydrogens (tertiary/aromatic N) is 3. The predicted octanol–water partition coefficient (Wildman–Crippen LogP) is 6.34. The van der Waals surface area contributed by atoms with Crippen LogP contribution in [0.15, 0.2) is 73.6 Å². The fourth-order valence-electron chi connectivity index (χ4n) is 3.89. The molecule has 1 aliphatic rings. The molecule has 0 spiro atoms. The molecule has 4 nitrogen and oxygen atoms in total. The van der Waals surface area contributed by atoms with E-state index in [9.17, 15) is 4.79 Å². The molecule has 0 aliphatic carbocycles. The molecular weight excluding hydrogens is 550 g/mol. The minimum Gasteiger partial charge on any atom is -0.322 e. The van der Waals surface area contributed by atoms with Crippen LogP contribution in [0.3, 0.4) is 0 Å². The van der Waals surface area contributed by atoms with Gasteiger partial charge in [0.2, 0.25) is 0 Å². The van der Waals surface area contributed by atoms with Crippen molar-refractivity contribution in [3.05, 3.63) is 90.7 Å². The molecule has 1 fully saturated rings. The third kappa shape index (κ3) is 6.13. The molecule has 0 bridgehead atoms. The van der Waals surface area contributed by atoms with Gasteiger partial charge >= 0.3 is 0 Å². The van der Waals surface area contributed by atoms with Crippen molar-refractivity contribution < 1.29 is 0 Å². The van der Waals surface area contributed by atoms with Crippen molar-refractivity contribution in [1.29, 1.82) is 0 Å². The molecule has 32 heavy (non-hydrogen) atoms. The summed E-state index contributed by atoms with van der Waals surface area (Å²) in [6.45, 7) is 5.73. The molecule has 7 heteroatoms. The van der Waals surface area contributed by atoms with Crippen LogP contribution in [0.25, 0.3) is 0 Å². The molecule has 168 valence electrons. The van der Waals surface area contributed by atoms with Gasteiger partial charge in [0.05, 0.1) is 6.54 Å². The summed E-state index contributed by atoms with van der Waals surface area (Å²) in [7, 11) is 0. The van der Waals surface area contributed by atoms with Gasteiger partial charge < -0.3 is 4.57 Å². The number of piperidine rings is 1. The average molecular weight is 577 g/mol. The first-order chi connectivity index (χ1) is 15.5. The zero-order chi connectivity index (χ0) is 22.5. The lowest BCUT2D eigenvalue weighted by Crippen LogP contribution is -2.34. The molecule has 0 N–H and O–H groups in total. The number of hydrogen-bond acceptors (Lipinski definition) is 4. The van der Waals surface area contributed by atoms with E-state index in [1.807, 2.05) is 36.5 Å². The Morgan fingerprint density at radius 2 is 1.56 bits per heavy atom. The number of benzene rings is 2. The fourth-order valence-corrected chi connectivity index (χ4v) is 5.87. The van der Waals surface area contributed by atoms with Crippen LogP contribution in [0, 0.1) is 5.92 Å². The Labute approximate surface area is 210 Å². The molecule has 2 aromatic carbocycles. The van der Waals surface area contributed by atoms with Gasteiger partial charge in [0.25, 0.3) is 5.56 Å². The van der Waals surface area contributed by atoms with Gasteiger partial charge in [-0.2, -0.15) is 4.98 Å². The van der Waals surface area contributed by atoms with Crippen LogP contribution in [-0.4, -0.2) is 27.5 Å². The highest BCUT2D eigenvalue weighted by Gasteiger charge is 2.18. The Bertz CT molecular complexity index is 1130. The van der Waals surface area contributed by atoms with Gasteiger partial charge in [0, 0.05) is 33.0 Å². The second kappa shape index (κ2) is 11.1. The maximum Gasteiger partial charge on any atom is 0.278 e. The van der Waals surface area contributed by atoms with Crippen LogP contribution >= 0.6 is 43.6 Å². The summed E-state index contributed by atoms with van der Waals surface area (Å²) in [5.41, 5.74) is 3.02. The molecule has 0 radical (unpaired) electrons. The molecule has 4 rings (SSSR count). The van der Waals surface area contributed by atoms with Crippen molar-refractivity contribution in [1.82, 2.24) is 14.5 Å². The molecule has 1 aromatic heterocycles. The van der Waals surface area contributed by atoms with E-state index in [2.05, 4.69) is 71.4 Å². The highest BCUT2D eigenvalue weighted by molar-refractivity contribution is 9.10. The largest absolute Gasteiger partial charge is 0.322 e. The topological polar surface area (TPSA) is 38.1 Å². The first-order valence-corrected chi connectivity index (χ1v) is 13.5. The smallest absolute Gasteiger partial charge is 0.278 e. The quantitative estimate of drug-likeness (QED) is 0.243. The van der Waals surface area contributed by atoms with Crippen LogP contribution in [0.5, 0.6) is 0 Å². The van der Waals surface area contributed by atoms with Crippen molar-refractivity contribution in [2.75, 3.05) is 13.1 Å². The molecular formula is C25H27Br2N3OS. The molecule has 0 atom stereocenters. The minimum absolute atomic E-state index is 0.110. The summed E-state index contributed by atoms with van der Waals surface area (Å²) in [6.07, 6.45) is 4.41.